The van der Waals surface area contributed by atoms with E-state index >= 15 is 0 Å². The summed E-state index contributed by atoms with van der Waals surface area (Å²) < 4.78 is 16.5. The fraction of sp³-hybridized carbons (Fsp3) is 0.261. The van der Waals surface area contributed by atoms with Crippen LogP contribution in [-0.4, -0.2) is 36.2 Å². The predicted molar refractivity (Wildman–Crippen MR) is 108 cm³/mol. The molecule has 0 saturated carbocycles. The highest BCUT2D eigenvalue weighted by Crippen LogP contribution is 2.54. The van der Waals surface area contributed by atoms with Crippen molar-refractivity contribution >= 4 is 11.7 Å². The third kappa shape index (κ3) is 2.29. The van der Waals surface area contributed by atoms with Gasteiger partial charge in [0.15, 0.2) is 0 Å². The van der Waals surface area contributed by atoms with Crippen molar-refractivity contribution in [1.29, 1.82) is 0 Å². The normalized spacial score (nSPS) is 20.6. The van der Waals surface area contributed by atoms with Crippen LogP contribution in [0.5, 0.6) is 17.5 Å². The van der Waals surface area contributed by atoms with Crippen molar-refractivity contribution in [3.8, 4) is 17.5 Å². The van der Waals surface area contributed by atoms with E-state index in [1.54, 1.807) is 19.5 Å². The molecule has 3 aliphatic rings. The quantitative estimate of drug-likeness (QED) is 0.493. The Morgan fingerprint density at radius 3 is 2.80 bits per heavy atom. The third-order valence-corrected chi connectivity index (χ3v) is 6.17. The minimum atomic E-state index is -0.836. The van der Waals surface area contributed by atoms with Gasteiger partial charge in [-0.25, -0.2) is 9.97 Å². The van der Waals surface area contributed by atoms with Crippen molar-refractivity contribution in [3.05, 3.63) is 71.0 Å². The standard InChI is InChI=1S/C23H19N3O4/c1-28-22-24-10-14(11-25-22)12-26-13-23(16-4-2-3-5-18(16)26)17-8-15-6-7-29-19(15)9-20(17)30-21(23)27/h2-5,8-11H,6-7,12-13H2,1H3. The second kappa shape index (κ2) is 6.19. The van der Waals surface area contributed by atoms with Crippen LogP contribution >= 0.6 is 0 Å². The first-order valence-corrected chi connectivity index (χ1v) is 9.91. The van der Waals surface area contributed by atoms with Gasteiger partial charge < -0.3 is 19.1 Å². The minimum absolute atomic E-state index is 0.234. The largest absolute Gasteiger partial charge is 0.493 e. The van der Waals surface area contributed by atoms with E-state index in [4.69, 9.17) is 14.2 Å². The van der Waals surface area contributed by atoms with Crippen molar-refractivity contribution in [2.45, 2.75) is 18.4 Å². The Hall–Kier alpha value is -3.61. The average molecular weight is 401 g/mol. The molecule has 0 saturated heterocycles. The van der Waals surface area contributed by atoms with E-state index in [-0.39, 0.29) is 5.97 Å². The van der Waals surface area contributed by atoms with Crippen molar-refractivity contribution in [2.75, 3.05) is 25.2 Å². The topological polar surface area (TPSA) is 73.8 Å². The van der Waals surface area contributed by atoms with E-state index in [0.717, 1.165) is 40.1 Å². The number of nitrogens with zero attached hydrogens (tertiary/aromatic N) is 3. The van der Waals surface area contributed by atoms with Crippen LogP contribution in [0.2, 0.25) is 0 Å². The van der Waals surface area contributed by atoms with Gasteiger partial charge in [-0.3, -0.25) is 4.79 Å². The van der Waals surface area contributed by atoms with E-state index in [0.29, 0.717) is 31.5 Å². The number of hydrogen-bond donors (Lipinski definition) is 0. The molecule has 1 atom stereocenters. The van der Waals surface area contributed by atoms with Crippen molar-refractivity contribution in [2.24, 2.45) is 0 Å². The molecule has 6 rings (SSSR count). The number of rotatable bonds is 3. The summed E-state index contributed by atoms with van der Waals surface area (Å²) in [4.78, 5) is 23.9. The summed E-state index contributed by atoms with van der Waals surface area (Å²) in [5.74, 6) is 1.18. The molecule has 7 nitrogen and oxygen atoms in total. The molecule has 0 bridgehead atoms. The number of esters is 1. The highest BCUT2D eigenvalue weighted by molar-refractivity contribution is 5.99. The van der Waals surface area contributed by atoms with Crippen LogP contribution in [-0.2, 0) is 23.2 Å². The molecule has 30 heavy (non-hydrogen) atoms. The molecule has 3 aromatic rings. The number of para-hydroxylation sites is 1. The van der Waals surface area contributed by atoms with Gasteiger partial charge in [-0.05, 0) is 23.3 Å². The lowest BCUT2D eigenvalue weighted by Gasteiger charge is -2.23. The molecular formula is C23H19N3O4. The number of fused-ring (bicyclic) bond motifs is 5. The van der Waals surface area contributed by atoms with Crippen LogP contribution in [0.15, 0.2) is 48.8 Å². The fourth-order valence-corrected chi connectivity index (χ4v) is 4.78. The van der Waals surface area contributed by atoms with Gasteiger partial charge in [-0.1, -0.05) is 18.2 Å². The maximum absolute atomic E-state index is 13.3. The molecule has 150 valence electrons. The molecule has 0 radical (unpaired) electrons. The number of methoxy groups -OCH3 is 1. The number of carbonyl (C=O) groups is 1. The van der Waals surface area contributed by atoms with Gasteiger partial charge in [0.1, 0.15) is 16.9 Å². The van der Waals surface area contributed by atoms with Crippen LogP contribution in [0.25, 0.3) is 0 Å². The molecule has 4 heterocycles. The second-order valence-corrected chi connectivity index (χ2v) is 7.80. The van der Waals surface area contributed by atoms with Gasteiger partial charge in [-0.2, -0.15) is 0 Å². The van der Waals surface area contributed by atoms with Crippen molar-refractivity contribution in [1.82, 2.24) is 9.97 Å². The third-order valence-electron chi connectivity index (χ3n) is 6.17. The summed E-state index contributed by atoms with van der Waals surface area (Å²) in [5.41, 5.74) is 4.16. The lowest BCUT2D eigenvalue weighted by atomic mass is 9.76. The molecule has 1 unspecified atom stereocenters. The molecule has 0 amide bonds. The summed E-state index contributed by atoms with van der Waals surface area (Å²) >= 11 is 0. The first kappa shape index (κ1) is 17.3. The van der Waals surface area contributed by atoms with E-state index in [1.807, 2.05) is 24.3 Å². The maximum atomic E-state index is 13.3. The fourth-order valence-electron chi connectivity index (χ4n) is 4.78. The molecule has 0 N–H and O–H groups in total. The number of hydrogen-bond acceptors (Lipinski definition) is 7. The number of ether oxygens (including phenoxy) is 3. The summed E-state index contributed by atoms with van der Waals surface area (Å²) in [6.07, 6.45) is 4.36. The maximum Gasteiger partial charge on any atom is 0.328 e. The van der Waals surface area contributed by atoms with Crippen LogP contribution in [0.4, 0.5) is 5.69 Å². The van der Waals surface area contributed by atoms with Gasteiger partial charge >= 0.3 is 12.0 Å². The predicted octanol–water partition coefficient (Wildman–Crippen LogP) is 2.65. The van der Waals surface area contributed by atoms with Crippen LogP contribution in [0, 0.1) is 0 Å². The molecule has 3 aliphatic heterocycles. The van der Waals surface area contributed by atoms with Gasteiger partial charge in [0.05, 0.1) is 13.7 Å². The van der Waals surface area contributed by atoms with Crippen LogP contribution in [0.1, 0.15) is 22.3 Å². The Kier molecular flexibility index (Phi) is 3.56. The van der Waals surface area contributed by atoms with Crippen molar-refractivity contribution in [3.63, 3.8) is 0 Å². The van der Waals surface area contributed by atoms with Crippen LogP contribution in [0.3, 0.4) is 0 Å². The molecule has 0 fully saturated rings. The first-order valence-electron chi connectivity index (χ1n) is 9.91. The molecule has 2 aromatic carbocycles. The number of carbonyl (C=O) groups excluding carboxylic acids is 1. The SMILES string of the molecule is COc1ncc(CN2CC3(C(=O)Oc4cc5c(cc43)CCO5)c3ccccc32)cn1. The zero-order valence-corrected chi connectivity index (χ0v) is 16.4. The first-order chi connectivity index (χ1) is 14.7. The molecule has 7 heteroatoms. The van der Waals surface area contributed by atoms with E-state index < -0.39 is 5.41 Å². The monoisotopic (exact) mass is 401 g/mol. The smallest absolute Gasteiger partial charge is 0.328 e. The summed E-state index contributed by atoms with van der Waals surface area (Å²) in [6.45, 7) is 1.75. The van der Waals surface area contributed by atoms with Gasteiger partial charge in [0.25, 0.3) is 0 Å². The Morgan fingerprint density at radius 1 is 1.13 bits per heavy atom. The average Bonchev–Trinajstić information content (AvgIpc) is 3.43. The van der Waals surface area contributed by atoms with Gasteiger partial charge in [0.2, 0.25) is 0 Å². The van der Waals surface area contributed by atoms with Crippen molar-refractivity contribution < 1.29 is 19.0 Å². The van der Waals surface area contributed by atoms with E-state index in [2.05, 4.69) is 27.0 Å². The number of anilines is 1. The minimum Gasteiger partial charge on any atom is -0.493 e. The summed E-state index contributed by atoms with van der Waals surface area (Å²) in [6, 6.07) is 12.3. The number of benzene rings is 2. The highest BCUT2D eigenvalue weighted by Gasteiger charge is 2.56. The van der Waals surface area contributed by atoms with E-state index in [1.165, 1.54) is 0 Å². The zero-order valence-electron chi connectivity index (χ0n) is 16.4. The van der Waals surface area contributed by atoms with Crippen LogP contribution < -0.4 is 19.1 Å². The van der Waals surface area contributed by atoms with Gasteiger partial charge in [-0.15, -0.1) is 0 Å². The van der Waals surface area contributed by atoms with E-state index in [9.17, 15) is 4.79 Å². The zero-order chi connectivity index (χ0) is 20.3. The molecule has 1 aromatic heterocycles. The summed E-state index contributed by atoms with van der Waals surface area (Å²) in [5, 5.41) is 0. The number of aromatic nitrogens is 2. The molecule has 0 aliphatic carbocycles. The summed E-state index contributed by atoms with van der Waals surface area (Å²) in [7, 11) is 1.54. The Morgan fingerprint density at radius 2 is 1.97 bits per heavy atom. The Bertz CT molecular complexity index is 1180. The Labute approximate surface area is 173 Å². The highest BCUT2D eigenvalue weighted by atomic mass is 16.5. The molecular weight excluding hydrogens is 382 g/mol. The lowest BCUT2D eigenvalue weighted by Crippen LogP contribution is -2.40. The molecule has 1 spiro atoms. The lowest BCUT2D eigenvalue weighted by molar-refractivity contribution is -0.136. The Balaban J connectivity index is 1.44. The van der Waals surface area contributed by atoms with Gasteiger partial charge in [0, 0.05) is 54.8 Å². The second-order valence-electron chi connectivity index (χ2n) is 7.80.